The summed E-state index contributed by atoms with van der Waals surface area (Å²) in [6, 6.07) is 6.60. The van der Waals surface area contributed by atoms with E-state index in [4.69, 9.17) is 10.8 Å². The first-order valence-electron chi connectivity index (χ1n) is 6.87. The van der Waals surface area contributed by atoms with Gasteiger partial charge < -0.3 is 16.2 Å². The number of nitrogens with one attached hydrogen (secondary N) is 1. The molecule has 0 aromatic heterocycles. The molecule has 20 heavy (non-hydrogen) atoms. The highest BCUT2D eigenvalue weighted by Gasteiger charge is 2.19. The van der Waals surface area contributed by atoms with Crippen LogP contribution in [0.2, 0.25) is 0 Å². The smallest absolute Gasteiger partial charge is 0.326 e. The standard InChI is InChI=1S/C15H22N2O3/c1-2-3-8-13(15(19)20)17-14(18)9-11-6-4-5-7-12(11)10-16/h4-7,13H,2-3,8-10,16H2,1H3,(H,17,18)(H,19,20)/t13-/m0/s1. The second-order valence-electron chi connectivity index (χ2n) is 4.75. The molecule has 1 rings (SSSR count). The number of carbonyl (C=O) groups is 2. The lowest BCUT2D eigenvalue weighted by Gasteiger charge is -2.15. The molecule has 0 unspecified atom stereocenters. The monoisotopic (exact) mass is 278 g/mol. The van der Waals surface area contributed by atoms with E-state index in [0.717, 1.165) is 24.0 Å². The van der Waals surface area contributed by atoms with Gasteiger partial charge in [0.15, 0.2) is 0 Å². The molecule has 1 amide bonds. The molecule has 4 N–H and O–H groups in total. The van der Waals surface area contributed by atoms with Crippen LogP contribution in [0, 0.1) is 0 Å². The van der Waals surface area contributed by atoms with Gasteiger partial charge >= 0.3 is 5.97 Å². The van der Waals surface area contributed by atoms with Crippen molar-refractivity contribution < 1.29 is 14.7 Å². The molecule has 0 heterocycles. The first-order valence-corrected chi connectivity index (χ1v) is 6.87. The third-order valence-electron chi connectivity index (χ3n) is 3.17. The highest BCUT2D eigenvalue weighted by Crippen LogP contribution is 2.09. The highest BCUT2D eigenvalue weighted by atomic mass is 16.4. The molecule has 0 fully saturated rings. The lowest BCUT2D eigenvalue weighted by Crippen LogP contribution is -2.41. The largest absolute Gasteiger partial charge is 0.480 e. The molecule has 1 aromatic rings. The Bertz CT molecular complexity index is 460. The van der Waals surface area contributed by atoms with Crippen LogP contribution in [0.3, 0.4) is 0 Å². The number of aliphatic carboxylic acids is 1. The van der Waals surface area contributed by atoms with Gasteiger partial charge in [-0.3, -0.25) is 4.79 Å². The Balaban J connectivity index is 2.63. The van der Waals surface area contributed by atoms with E-state index in [2.05, 4.69) is 5.32 Å². The van der Waals surface area contributed by atoms with E-state index < -0.39 is 12.0 Å². The van der Waals surface area contributed by atoms with Crippen LogP contribution in [0.4, 0.5) is 0 Å². The Morgan fingerprint density at radius 1 is 1.30 bits per heavy atom. The number of carboxylic acids is 1. The summed E-state index contributed by atoms with van der Waals surface area (Å²) in [6.45, 7) is 2.35. The van der Waals surface area contributed by atoms with E-state index in [1.54, 1.807) is 0 Å². The summed E-state index contributed by atoms with van der Waals surface area (Å²) in [6.07, 6.45) is 2.28. The zero-order chi connectivity index (χ0) is 15.0. The summed E-state index contributed by atoms with van der Waals surface area (Å²) >= 11 is 0. The Kier molecular flexibility index (Phi) is 6.73. The van der Waals surface area contributed by atoms with Gasteiger partial charge in [0, 0.05) is 6.54 Å². The SMILES string of the molecule is CCCC[C@H](NC(=O)Cc1ccccc1CN)C(=O)O. The first kappa shape index (κ1) is 16.2. The molecule has 0 spiro atoms. The van der Waals surface area contributed by atoms with E-state index in [0.29, 0.717) is 13.0 Å². The summed E-state index contributed by atoms with van der Waals surface area (Å²) in [4.78, 5) is 23.0. The Labute approximate surface area is 119 Å². The molecule has 0 saturated heterocycles. The fraction of sp³-hybridized carbons (Fsp3) is 0.467. The third kappa shape index (κ3) is 5.01. The fourth-order valence-electron chi connectivity index (χ4n) is 2.01. The Morgan fingerprint density at radius 3 is 2.50 bits per heavy atom. The zero-order valence-electron chi connectivity index (χ0n) is 11.8. The van der Waals surface area contributed by atoms with E-state index in [1.807, 2.05) is 31.2 Å². The molecule has 0 aliphatic carbocycles. The van der Waals surface area contributed by atoms with Gasteiger partial charge in [0.2, 0.25) is 5.91 Å². The van der Waals surface area contributed by atoms with Crippen molar-refractivity contribution in [3.63, 3.8) is 0 Å². The maximum Gasteiger partial charge on any atom is 0.326 e. The van der Waals surface area contributed by atoms with Crippen LogP contribution >= 0.6 is 0 Å². The summed E-state index contributed by atoms with van der Waals surface area (Å²) in [7, 11) is 0. The van der Waals surface area contributed by atoms with Gasteiger partial charge in [0.25, 0.3) is 0 Å². The van der Waals surface area contributed by atoms with Gasteiger partial charge in [0.05, 0.1) is 6.42 Å². The van der Waals surface area contributed by atoms with Crippen molar-refractivity contribution >= 4 is 11.9 Å². The van der Waals surface area contributed by atoms with Crippen molar-refractivity contribution in [2.24, 2.45) is 5.73 Å². The Morgan fingerprint density at radius 2 is 1.95 bits per heavy atom. The minimum Gasteiger partial charge on any atom is -0.480 e. The van der Waals surface area contributed by atoms with Crippen LogP contribution in [-0.2, 0) is 22.6 Å². The van der Waals surface area contributed by atoms with E-state index in [9.17, 15) is 9.59 Å². The normalized spacial score (nSPS) is 11.9. The number of amides is 1. The number of hydrogen-bond donors (Lipinski definition) is 3. The molecule has 5 nitrogen and oxygen atoms in total. The molecular weight excluding hydrogens is 256 g/mol. The maximum atomic E-state index is 11.9. The third-order valence-corrected chi connectivity index (χ3v) is 3.17. The van der Waals surface area contributed by atoms with E-state index >= 15 is 0 Å². The minimum atomic E-state index is -0.987. The second kappa shape index (κ2) is 8.32. The van der Waals surface area contributed by atoms with Crippen molar-refractivity contribution in [2.75, 3.05) is 0 Å². The van der Waals surface area contributed by atoms with Crippen LogP contribution in [0.25, 0.3) is 0 Å². The predicted molar refractivity (Wildman–Crippen MR) is 77.1 cm³/mol. The number of carbonyl (C=O) groups excluding carboxylic acids is 1. The topological polar surface area (TPSA) is 92.4 Å². The van der Waals surface area contributed by atoms with Gasteiger partial charge in [0.1, 0.15) is 6.04 Å². The molecular formula is C15H22N2O3. The molecule has 0 saturated carbocycles. The zero-order valence-corrected chi connectivity index (χ0v) is 11.8. The average Bonchev–Trinajstić information content (AvgIpc) is 2.43. The maximum absolute atomic E-state index is 11.9. The van der Waals surface area contributed by atoms with Crippen molar-refractivity contribution in [3.05, 3.63) is 35.4 Å². The van der Waals surface area contributed by atoms with Crippen molar-refractivity contribution in [3.8, 4) is 0 Å². The molecule has 5 heteroatoms. The van der Waals surface area contributed by atoms with E-state index in [1.165, 1.54) is 0 Å². The van der Waals surface area contributed by atoms with Gasteiger partial charge in [-0.25, -0.2) is 4.79 Å². The van der Waals surface area contributed by atoms with Crippen LogP contribution in [0.5, 0.6) is 0 Å². The minimum absolute atomic E-state index is 0.156. The fourth-order valence-corrected chi connectivity index (χ4v) is 2.01. The van der Waals surface area contributed by atoms with Crippen LogP contribution in [-0.4, -0.2) is 23.0 Å². The first-order chi connectivity index (χ1) is 9.58. The van der Waals surface area contributed by atoms with Gasteiger partial charge in [-0.2, -0.15) is 0 Å². The lowest BCUT2D eigenvalue weighted by atomic mass is 10.0. The van der Waals surface area contributed by atoms with Crippen molar-refractivity contribution in [1.29, 1.82) is 0 Å². The van der Waals surface area contributed by atoms with Crippen LogP contribution in [0.15, 0.2) is 24.3 Å². The summed E-state index contributed by atoms with van der Waals surface area (Å²) in [5, 5.41) is 11.7. The summed E-state index contributed by atoms with van der Waals surface area (Å²) < 4.78 is 0. The van der Waals surface area contributed by atoms with Crippen LogP contribution in [0.1, 0.15) is 37.3 Å². The number of unbranched alkanes of at least 4 members (excludes halogenated alkanes) is 1. The molecule has 1 aromatic carbocycles. The summed E-state index contributed by atoms with van der Waals surface area (Å²) in [5.74, 6) is -1.27. The number of rotatable bonds is 8. The van der Waals surface area contributed by atoms with E-state index in [-0.39, 0.29) is 12.3 Å². The number of carboxylic acid groups (broad SMARTS) is 1. The molecule has 0 aliphatic heterocycles. The number of benzene rings is 1. The predicted octanol–water partition coefficient (Wildman–Crippen LogP) is 1.45. The quantitative estimate of drug-likeness (QED) is 0.671. The number of hydrogen-bond acceptors (Lipinski definition) is 3. The second-order valence-corrected chi connectivity index (χ2v) is 4.75. The van der Waals surface area contributed by atoms with Crippen molar-refractivity contribution in [2.45, 2.75) is 45.2 Å². The Hall–Kier alpha value is -1.88. The average molecular weight is 278 g/mol. The number of nitrogens with two attached hydrogens (primary N) is 1. The lowest BCUT2D eigenvalue weighted by molar-refractivity contribution is -0.142. The van der Waals surface area contributed by atoms with Gasteiger partial charge in [-0.05, 0) is 17.5 Å². The van der Waals surface area contributed by atoms with Crippen LogP contribution < -0.4 is 11.1 Å². The highest BCUT2D eigenvalue weighted by molar-refractivity contribution is 5.85. The molecule has 110 valence electrons. The molecule has 0 aliphatic rings. The summed E-state index contributed by atoms with van der Waals surface area (Å²) in [5.41, 5.74) is 7.36. The molecule has 1 atom stereocenters. The molecule has 0 radical (unpaired) electrons. The molecule has 0 bridgehead atoms. The van der Waals surface area contributed by atoms with Crippen molar-refractivity contribution in [1.82, 2.24) is 5.32 Å². The van der Waals surface area contributed by atoms with Gasteiger partial charge in [-0.15, -0.1) is 0 Å². The van der Waals surface area contributed by atoms with Gasteiger partial charge in [-0.1, -0.05) is 44.0 Å².